The molecule has 18 heavy (non-hydrogen) atoms. The minimum absolute atomic E-state index is 0.177. The number of amides is 2. The fourth-order valence-corrected chi connectivity index (χ4v) is 4.01. The number of urea groups is 1. The average Bonchev–Trinajstić information content (AvgIpc) is 2.28. The maximum atomic E-state index is 12.2. The van der Waals surface area contributed by atoms with Crippen LogP contribution in [0.1, 0.15) is 6.92 Å². The Morgan fingerprint density at radius 1 is 1.33 bits per heavy atom. The molecule has 8 heteroatoms. The summed E-state index contributed by atoms with van der Waals surface area (Å²) in [6, 6.07) is -0.177. The van der Waals surface area contributed by atoms with E-state index in [1.807, 2.05) is 6.92 Å². The normalized spacial score (nSPS) is 22.6. The summed E-state index contributed by atoms with van der Waals surface area (Å²) in [6.45, 7) is 5.46. The summed E-state index contributed by atoms with van der Waals surface area (Å²) < 4.78 is 26.0. The first kappa shape index (κ1) is 13.6. The van der Waals surface area contributed by atoms with Gasteiger partial charge >= 0.3 is 6.03 Å². The van der Waals surface area contributed by atoms with Gasteiger partial charge in [0.05, 0.1) is 0 Å². The van der Waals surface area contributed by atoms with E-state index in [-0.39, 0.29) is 6.03 Å². The van der Waals surface area contributed by atoms with Crippen molar-refractivity contribution in [2.75, 3.05) is 45.8 Å². The third kappa shape index (κ3) is 2.60. The second-order valence-corrected chi connectivity index (χ2v) is 6.77. The molecule has 7 nitrogen and oxygen atoms in total. The third-order valence-corrected chi connectivity index (χ3v) is 5.55. The van der Waals surface area contributed by atoms with Gasteiger partial charge in [-0.25, -0.2) is 13.2 Å². The van der Waals surface area contributed by atoms with E-state index in [1.165, 1.54) is 9.21 Å². The van der Waals surface area contributed by atoms with Gasteiger partial charge in [0.1, 0.15) is 5.25 Å². The fourth-order valence-electron chi connectivity index (χ4n) is 2.16. The number of hydrogen-bond donors (Lipinski definition) is 2. The largest absolute Gasteiger partial charge is 0.338 e. The quantitative estimate of drug-likeness (QED) is 0.667. The van der Waals surface area contributed by atoms with Gasteiger partial charge in [-0.15, -0.1) is 0 Å². The van der Waals surface area contributed by atoms with Gasteiger partial charge in [0.25, 0.3) is 0 Å². The van der Waals surface area contributed by atoms with Crippen LogP contribution in [-0.4, -0.2) is 74.7 Å². The zero-order valence-electron chi connectivity index (χ0n) is 10.6. The number of hydrogen-bond acceptors (Lipinski definition) is 4. The van der Waals surface area contributed by atoms with E-state index in [9.17, 15) is 13.2 Å². The van der Waals surface area contributed by atoms with Crippen LogP contribution in [0.2, 0.25) is 0 Å². The lowest BCUT2D eigenvalue weighted by atomic mass is 10.2. The smallest absolute Gasteiger partial charge is 0.317 e. The van der Waals surface area contributed by atoms with Crippen LogP contribution in [0.25, 0.3) is 0 Å². The lowest BCUT2D eigenvalue weighted by Gasteiger charge is -2.41. The van der Waals surface area contributed by atoms with Crippen molar-refractivity contribution in [1.82, 2.24) is 19.8 Å². The topological polar surface area (TPSA) is 81.8 Å². The van der Waals surface area contributed by atoms with Gasteiger partial charge in [0.15, 0.2) is 0 Å². The van der Waals surface area contributed by atoms with Gasteiger partial charge < -0.3 is 15.5 Å². The number of rotatable bonds is 3. The fraction of sp³-hybridized carbons (Fsp3) is 0.900. The standard InChI is InChI=1S/C10H20N4O3S/c1-2-12-10(15)13-7-9(8-13)18(16,17)14-5-3-11-4-6-14/h9,11H,2-8H2,1H3,(H,12,15). The second-order valence-electron chi connectivity index (χ2n) is 4.56. The van der Waals surface area contributed by atoms with Crippen molar-refractivity contribution >= 4 is 16.1 Å². The SMILES string of the molecule is CCNC(=O)N1CC(S(=O)(=O)N2CCNCC2)C1. The lowest BCUT2D eigenvalue weighted by molar-refractivity contribution is 0.167. The predicted octanol–water partition coefficient (Wildman–Crippen LogP) is -1.36. The Morgan fingerprint density at radius 2 is 1.94 bits per heavy atom. The molecule has 0 spiro atoms. The summed E-state index contributed by atoms with van der Waals surface area (Å²) in [4.78, 5) is 13.0. The van der Waals surface area contributed by atoms with Gasteiger partial charge in [0, 0.05) is 45.8 Å². The van der Waals surface area contributed by atoms with E-state index < -0.39 is 15.3 Å². The molecule has 0 aromatic carbocycles. The number of carbonyl (C=O) groups is 1. The van der Waals surface area contributed by atoms with Crippen LogP contribution in [0, 0.1) is 0 Å². The van der Waals surface area contributed by atoms with E-state index in [2.05, 4.69) is 10.6 Å². The molecule has 0 unspecified atom stereocenters. The Balaban J connectivity index is 1.88. The molecule has 2 saturated heterocycles. The van der Waals surface area contributed by atoms with Crippen LogP contribution in [0.15, 0.2) is 0 Å². The Kier molecular flexibility index (Phi) is 4.08. The predicted molar refractivity (Wildman–Crippen MR) is 67.8 cm³/mol. The number of carbonyl (C=O) groups excluding carboxylic acids is 1. The average molecular weight is 276 g/mol. The summed E-state index contributed by atoms with van der Waals surface area (Å²) in [7, 11) is -3.24. The monoisotopic (exact) mass is 276 g/mol. The van der Waals surface area contributed by atoms with Crippen LogP contribution >= 0.6 is 0 Å². The van der Waals surface area contributed by atoms with Crippen LogP contribution in [0.5, 0.6) is 0 Å². The minimum Gasteiger partial charge on any atom is -0.338 e. The van der Waals surface area contributed by atoms with Gasteiger partial charge in [-0.2, -0.15) is 4.31 Å². The van der Waals surface area contributed by atoms with Crippen molar-refractivity contribution in [1.29, 1.82) is 0 Å². The zero-order valence-corrected chi connectivity index (χ0v) is 11.4. The number of piperazine rings is 1. The van der Waals surface area contributed by atoms with Crippen molar-refractivity contribution in [2.45, 2.75) is 12.2 Å². The van der Waals surface area contributed by atoms with Crippen LogP contribution < -0.4 is 10.6 Å². The Morgan fingerprint density at radius 3 is 2.50 bits per heavy atom. The van der Waals surface area contributed by atoms with Gasteiger partial charge in [-0.05, 0) is 6.92 Å². The molecule has 0 aromatic heterocycles. The number of nitrogens with one attached hydrogen (secondary N) is 2. The molecule has 2 fully saturated rings. The molecule has 0 bridgehead atoms. The summed E-state index contributed by atoms with van der Waals surface area (Å²) in [5.41, 5.74) is 0. The molecular formula is C10H20N4O3S. The van der Waals surface area contributed by atoms with E-state index >= 15 is 0 Å². The first-order chi connectivity index (χ1) is 8.55. The van der Waals surface area contributed by atoms with Crippen LogP contribution in [-0.2, 0) is 10.0 Å². The molecule has 0 radical (unpaired) electrons. The highest BCUT2D eigenvalue weighted by molar-refractivity contribution is 7.89. The minimum atomic E-state index is -3.24. The lowest BCUT2D eigenvalue weighted by Crippen LogP contribution is -2.63. The molecule has 2 rings (SSSR count). The maximum absolute atomic E-state index is 12.2. The van der Waals surface area contributed by atoms with E-state index in [4.69, 9.17) is 0 Å². The molecule has 0 aliphatic carbocycles. The van der Waals surface area contributed by atoms with Gasteiger partial charge in [-0.1, -0.05) is 0 Å². The highest BCUT2D eigenvalue weighted by Gasteiger charge is 2.42. The molecule has 2 heterocycles. The van der Waals surface area contributed by atoms with E-state index in [0.717, 1.165) is 0 Å². The first-order valence-corrected chi connectivity index (χ1v) is 7.78. The first-order valence-electron chi connectivity index (χ1n) is 6.28. The molecule has 2 N–H and O–H groups in total. The van der Waals surface area contributed by atoms with Gasteiger partial charge in [0.2, 0.25) is 10.0 Å². The van der Waals surface area contributed by atoms with Crippen LogP contribution in [0.3, 0.4) is 0 Å². The maximum Gasteiger partial charge on any atom is 0.317 e. The number of likely N-dealkylation sites (tertiary alicyclic amines) is 1. The Hall–Kier alpha value is -0.860. The summed E-state index contributed by atoms with van der Waals surface area (Å²) in [5.74, 6) is 0. The molecule has 2 aliphatic rings. The summed E-state index contributed by atoms with van der Waals surface area (Å²) >= 11 is 0. The highest BCUT2D eigenvalue weighted by atomic mass is 32.2. The Bertz CT molecular complexity index is 399. The Labute approximate surface area is 108 Å². The molecule has 2 aliphatic heterocycles. The molecule has 2 amide bonds. The molecule has 104 valence electrons. The highest BCUT2D eigenvalue weighted by Crippen LogP contribution is 2.20. The molecular weight excluding hydrogens is 256 g/mol. The van der Waals surface area contributed by atoms with Gasteiger partial charge in [-0.3, -0.25) is 0 Å². The molecule has 0 aromatic rings. The number of sulfonamides is 1. The number of nitrogens with zero attached hydrogens (tertiary/aromatic N) is 2. The summed E-state index contributed by atoms with van der Waals surface area (Å²) in [6.07, 6.45) is 0. The van der Waals surface area contributed by atoms with Crippen molar-refractivity contribution in [3.63, 3.8) is 0 Å². The van der Waals surface area contributed by atoms with Crippen molar-refractivity contribution in [3.05, 3.63) is 0 Å². The zero-order chi connectivity index (χ0) is 13.2. The molecule has 0 saturated carbocycles. The second kappa shape index (κ2) is 5.41. The van der Waals surface area contributed by atoms with Crippen molar-refractivity contribution < 1.29 is 13.2 Å². The van der Waals surface area contributed by atoms with E-state index in [0.29, 0.717) is 45.8 Å². The van der Waals surface area contributed by atoms with E-state index in [1.54, 1.807) is 0 Å². The van der Waals surface area contributed by atoms with Crippen molar-refractivity contribution in [2.24, 2.45) is 0 Å². The molecule has 0 atom stereocenters. The summed E-state index contributed by atoms with van der Waals surface area (Å²) in [5, 5.41) is 5.36. The third-order valence-electron chi connectivity index (χ3n) is 3.32. The van der Waals surface area contributed by atoms with Crippen molar-refractivity contribution in [3.8, 4) is 0 Å². The van der Waals surface area contributed by atoms with Crippen LogP contribution in [0.4, 0.5) is 4.79 Å².